The number of aryl methyl sites for hydroxylation is 2. The molecule has 4 heterocycles. The van der Waals surface area contributed by atoms with E-state index in [9.17, 15) is 9.59 Å². The first-order chi connectivity index (χ1) is 22.5. The second-order valence-electron chi connectivity index (χ2n) is 14.1. The molecule has 1 saturated heterocycles. The van der Waals surface area contributed by atoms with Crippen LogP contribution < -0.4 is 9.80 Å². The van der Waals surface area contributed by atoms with Gasteiger partial charge in [0.1, 0.15) is 5.82 Å². The van der Waals surface area contributed by atoms with Crippen LogP contribution in [0.15, 0.2) is 73.4 Å². The summed E-state index contributed by atoms with van der Waals surface area (Å²) in [6.07, 6.45) is 9.55. The highest BCUT2D eigenvalue weighted by atomic mass is 32.1. The molecule has 242 valence electrons. The zero-order chi connectivity index (χ0) is 33.3. The van der Waals surface area contributed by atoms with Crippen LogP contribution in [0.5, 0.6) is 0 Å². The Kier molecular flexibility index (Phi) is 9.56. The van der Waals surface area contributed by atoms with Gasteiger partial charge in [0.15, 0.2) is 12.5 Å². The van der Waals surface area contributed by atoms with Crippen molar-refractivity contribution >= 4 is 46.7 Å². The van der Waals surface area contributed by atoms with Crippen molar-refractivity contribution in [2.45, 2.75) is 72.9 Å². The molecule has 7 rings (SSSR count). The first-order valence-electron chi connectivity index (χ1n) is 17.1. The van der Waals surface area contributed by atoms with Gasteiger partial charge < -0.3 is 9.80 Å². The quantitative estimate of drug-likeness (QED) is 0.161. The van der Waals surface area contributed by atoms with Crippen LogP contribution in [-0.2, 0) is 6.42 Å². The number of anilines is 2. The maximum atomic E-state index is 13.3. The Labute approximate surface area is 284 Å². The number of pyridine rings is 1. The standard InChI is InChI=1S/C24H24BNOS.C16H22N2O/c1-16-10-11-20-21(14-16)26(24(27)18-8-6-5-7-9-18)13-12-19-15-22(28-23(19)20)17(2)25(3)4;1-12-8-14(13(2)19)15(17-9-12)18-10-16(11-18)6-4-3-5-7-16/h5-11,14-15H,2,12-13H2,1,3-4H3;8-9H,3-7,10-11H2,1-2H3. The van der Waals surface area contributed by atoms with E-state index < -0.39 is 0 Å². The Morgan fingerprint density at radius 1 is 0.936 bits per heavy atom. The Balaban J connectivity index is 0.000000177. The predicted octanol–water partition coefficient (Wildman–Crippen LogP) is 9.60. The lowest BCUT2D eigenvalue weighted by atomic mass is 9.49. The maximum Gasteiger partial charge on any atom is 0.258 e. The SMILES string of the molecule is C=C(B(C)C)c1cc2c(s1)-c1ccc(C)cc1N(C(=O)c1ccccc1)CC2.CC(=O)c1cc(C)cnc1N1CC2(CCCCC2)C1. The number of rotatable bonds is 5. The van der Waals surface area contributed by atoms with E-state index >= 15 is 0 Å². The van der Waals surface area contributed by atoms with Crippen LogP contribution >= 0.6 is 11.3 Å². The lowest BCUT2D eigenvalue weighted by Gasteiger charge is -2.53. The number of benzene rings is 2. The van der Waals surface area contributed by atoms with Crippen LogP contribution in [0.3, 0.4) is 0 Å². The van der Waals surface area contributed by atoms with Crippen molar-refractivity contribution < 1.29 is 9.59 Å². The molecular weight excluding hydrogens is 597 g/mol. The van der Waals surface area contributed by atoms with Gasteiger partial charge in [-0.2, -0.15) is 0 Å². The van der Waals surface area contributed by atoms with Gasteiger partial charge in [-0.1, -0.05) is 68.7 Å². The summed E-state index contributed by atoms with van der Waals surface area (Å²) in [5, 5.41) is 0. The van der Waals surface area contributed by atoms with Gasteiger partial charge >= 0.3 is 0 Å². The third-order valence-corrected chi connectivity index (χ3v) is 11.3. The number of thiophene rings is 1. The van der Waals surface area contributed by atoms with Gasteiger partial charge in [0.2, 0.25) is 0 Å². The third-order valence-electron chi connectivity index (χ3n) is 10.0. The summed E-state index contributed by atoms with van der Waals surface area (Å²) in [7, 11) is 0. The number of carbonyl (C=O) groups is 2. The molecule has 3 aliphatic rings. The number of aromatic nitrogens is 1. The van der Waals surface area contributed by atoms with Crippen molar-refractivity contribution in [3.63, 3.8) is 0 Å². The highest BCUT2D eigenvalue weighted by molar-refractivity contribution is 7.18. The van der Waals surface area contributed by atoms with E-state index in [0.717, 1.165) is 58.8 Å². The second-order valence-corrected chi connectivity index (χ2v) is 15.1. The second kappa shape index (κ2) is 13.6. The first kappa shape index (κ1) is 33.0. The molecule has 2 aliphatic heterocycles. The summed E-state index contributed by atoms with van der Waals surface area (Å²) in [5.41, 5.74) is 8.92. The van der Waals surface area contributed by atoms with Gasteiger partial charge in [-0.3, -0.25) is 9.59 Å². The zero-order valence-electron chi connectivity index (χ0n) is 28.6. The summed E-state index contributed by atoms with van der Waals surface area (Å²) in [6.45, 7) is 17.6. The fourth-order valence-electron chi connectivity index (χ4n) is 7.25. The Bertz CT molecular complexity index is 1800. The molecule has 1 saturated carbocycles. The van der Waals surface area contributed by atoms with E-state index in [0.29, 0.717) is 18.7 Å². The summed E-state index contributed by atoms with van der Waals surface area (Å²) in [4.78, 5) is 36.3. The van der Waals surface area contributed by atoms with Crippen LogP contribution in [-0.4, -0.2) is 43.0 Å². The van der Waals surface area contributed by atoms with Gasteiger partial charge in [0, 0.05) is 52.1 Å². The monoisotopic (exact) mass is 643 g/mol. The topological polar surface area (TPSA) is 53.5 Å². The molecular formula is C40H46BN3O2S. The fourth-order valence-corrected chi connectivity index (χ4v) is 8.61. The highest BCUT2D eigenvalue weighted by Crippen LogP contribution is 2.46. The van der Waals surface area contributed by atoms with Crippen LogP contribution in [0, 0.1) is 19.3 Å². The van der Waals surface area contributed by atoms with E-state index in [1.54, 1.807) is 18.3 Å². The molecule has 0 N–H and O–H groups in total. The van der Waals surface area contributed by atoms with Crippen molar-refractivity contribution in [3.8, 4) is 10.4 Å². The van der Waals surface area contributed by atoms with E-state index in [2.05, 4.69) is 61.3 Å². The van der Waals surface area contributed by atoms with E-state index in [1.165, 1.54) is 52.9 Å². The summed E-state index contributed by atoms with van der Waals surface area (Å²) in [5.74, 6) is 1.08. The fraction of sp³-hybridized carbons (Fsp3) is 0.375. The number of amides is 1. The van der Waals surface area contributed by atoms with Gasteiger partial charge in [-0.25, -0.2) is 4.98 Å². The van der Waals surface area contributed by atoms with Crippen LogP contribution in [0.1, 0.15) is 81.3 Å². The normalized spacial score (nSPS) is 16.2. The Morgan fingerprint density at radius 2 is 1.66 bits per heavy atom. The third kappa shape index (κ3) is 6.87. The summed E-state index contributed by atoms with van der Waals surface area (Å²) in [6, 6.07) is 20.3. The predicted molar refractivity (Wildman–Crippen MR) is 200 cm³/mol. The van der Waals surface area contributed by atoms with Crippen molar-refractivity contribution in [2.24, 2.45) is 5.41 Å². The first-order valence-corrected chi connectivity index (χ1v) is 17.9. The molecule has 4 aromatic rings. The number of hydrogen-bond acceptors (Lipinski definition) is 5. The molecule has 2 fully saturated rings. The van der Waals surface area contributed by atoms with Crippen molar-refractivity contribution in [1.82, 2.24) is 4.98 Å². The molecule has 0 bridgehead atoms. The zero-order valence-corrected chi connectivity index (χ0v) is 29.4. The molecule has 2 aromatic heterocycles. The lowest BCUT2D eigenvalue weighted by molar-refractivity contribution is 0.0985. The molecule has 0 unspecified atom stereocenters. The minimum absolute atomic E-state index is 0.0643. The number of nitrogens with zero attached hydrogens (tertiary/aromatic N) is 3. The Morgan fingerprint density at radius 3 is 2.34 bits per heavy atom. The average Bonchev–Trinajstić information content (AvgIpc) is 3.42. The largest absolute Gasteiger partial charge is 0.355 e. The number of carbonyl (C=O) groups excluding carboxylic acids is 2. The number of ketones is 1. The minimum Gasteiger partial charge on any atom is -0.355 e. The van der Waals surface area contributed by atoms with Crippen molar-refractivity contribution in [3.05, 3.63) is 106 Å². The van der Waals surface area contributed by atoms with Crippen LogP contribution in [0.4, 0.5) is 11.5 Å². The minimum atomic E-state index is 0.0643. The number of Topliss-reactive ketones (excluding diaryl/α,β-unsaturated/α-hetero) is 1. The smallest absolute Gasteiger partial charge is 0.258 e. The van der Waals surface area contributed by atoms with Crippen LogP contribution in [0.25, 0.3) is 15.9 Å². The Hall–Kier alpha value is -3.97. The molecule has 0 atom stereocenters. The van der Waals surface area contributed by atoms with Crippen molar-refractivity contribution in [2.75, 3.05) is 29.4 Å². The summed E-state index contributed by atoms with van der Waals surface area (Å²) >= 11 is 1.81. The van der Waals surface area contributed by atoms with E-state index in [4.69, 9.17) is 0 Å². The van der Waals surface area contributed by atoms with Gasteiger partial charge in [0.25, 0.3) is 5.91 Å². The number of fused-ring (bicyclic) bond motifs is 3. The molecule has 47 heavy (non-hydrogen) atoms. The van der Waals surface area contributed by atoms with E-state index in [1.807, 2.05) is 54.4 Å². The molecule has 1 spiro atoms. The van der Waals surface area contributed by atoms with Gasteiger partial charge in [-0.05, 0) is 87.1 Å². The summed E-state index contributed by atoms with van der Waals surface area (Å²) < 4.78 is 0. The highest BCUT2D eigenvalue weighted by Gasteiger charge is 2.44. The molecule has 0 radical (unpaired) electrons. The van der Waals surface area contributed by atoms with E-state index in [-0.39, 0.29) is 11.7 Å². The molecule has 7 heteroatoms. The maximum absolute atomic E-state index is 13.3. The molecule has 2 aromatic carbocycles. The molecule has 1 amide bonds. The lowest BCUT2D eigenvalue weighted by Crippen LogP contribution is -2.57. The molecule has 1 aliphatic carbocycles. The number of hydrogen-bond donors (Lipinski definition) is 0. The van der Waals surface area contributed by atoms with Crippen LogP contribution in [0.2, 0.25) is 13.6 Å². The average molecular weight is 644 g/mol. The van der Waals surface area contributed by atoms with Gasteiger partial charge in [0.05, 0.1) is 11.3 Å². The molecule has 5 nitrogen and oxygen atoms in total. The van der Waals surface area contributed by atoms with Crippen molar-refractivity contribution in [1.29, 1.82) is 0 Å². The van der Waals surface area contributed by atoms with Gasteiger partial charge in [-0.15, -0.1) is 17.9 Å².